The minimum absolute atomic E-state index is 0.119. The zero-order chi connectivity index (χ0) is 13.5. The molecule has 1 fully saturated rings. The maximum absolute atomic E-state index is 13.1. The molecule has 0 radical (unpaired) electrons. The molecule has 1 aliphatic heterocycles. The normalized spacial score (nSPS) is 17.8. The second kappa shape index (κ2) is 7.61. The quantitative estimate of drug-likeness (QED) is 0.733. The van der Waals surface area contributed by atoms with Crippen molar-refractivity contribution in [1.82, 2.24) is 4.90 Å². The van der Waals surface area contributed by atoms with Crippen LogP contribution in [0.1, 0.15) is 25.3 Å². The third-order valence-corrected chi connectivity index (χ3v) is 3.88. The van der Waals surface area contributed by atoms with E-state index in [-0.39, 0.29) is 5.82 Å². The van der Waals surface area contributed by atoms with Gasteiger partial charge >= 0.3 is 0 Å². The van der Waals surface area contributed by atoms with Crippen molar-refractivity contribution in [2.75, 3.05) is 32.8 Å². The van der Waals surface area contributed by atoms with Gasteiger partial charge in [-0.25, -0.2) is 4.39 Å². The molecule has 19 heavy (non-hydrogen) atoms. The molecule has 0 atom stereocenters. The van der Waals surface area contributed by atoms with Gasteiger partial charge in [-0.3, -0.25) is 0 Å². The van der Waals surface area contributed by atoms with Gasteiger partial charge in [-0.15, -0.1) is 0 Å². The van der Waals surface area contributed by atoms with E-state index in [2.05, 4.69) is 4.90 Å². The molecule has 0 amide bonds. The molecule has 2 nitrogen and oxygen atoms in total. The molecule has 0 aliphatic carbocycles. The Labute approximate surface area is 115 Å². The van der Waals surface area contributed by atoms with Gasteiger partial charge in [-0.2, -0.15) is 0 Å². The Kier molecular flexibility index (Phi) is 5.80. The summed E-state index contributed by atoms with van der Waals surface area (Å²) < 4.78 is 18.5. The molecule has 0 saturated carbocycles. The van der Waals surface area contributed by atoms with Crippen LogP contribution in [0.25, 0.3) is 0 Å². The van der Waals surface area contributed by atoms with Crippen molar-refractivity contribution in [3.63, 3.8) is 0 Å². The number of ether oxygens (including phenoxy) is 1. The van der Waals surface area contributed by atoms with Gasteiger partial charge < -0.3 is 9.64 Å². The van der Waals surface area contributed by atoms with Crippen molar-refractivity contribution in [3.05, 3.63) is 35.6 Å². The second-order valence-electron chi connectivity index (χ2n) is 5.32. The molecular formula is C16H24FNO. The first-order chi connectivity index (χ1) is 9.28. The molecule has 0 N–H and O–H groups in total. The lowest BCUT2D eigenvalue weighted by atomic mass is 9.90. The van der Waals surface area contributed by atoms with E-state index in [1.165, 1.54) is 18.9 Å². The van der Waals surface area contributed by atoms with Crippen molar-refractivity contribution >= 4 is 0 Å². The summed E-state index contributed by atoms with van der Waals surface area (Å²) in [6.07, 6.45) is 3.43. The van der Waals surface area contributed by atoms with Crippen molar-refractivity contribution in [2.24, 2.45) is 5.92 Å². The number of halogens is 1. The van der Waals surface area contributed by atoms with E-state index in [0.29, 0.717) is 5.92 Å². The Bertz CT molecular complexity index is 375. The standard InChI is InChI=1S/C16H24FNO/c1-2-19-11-10-18-8-6-14(7-9-18)12-15-4-3-5-16(17)13-15/h3-5,13-14H,2,6-12H2,1H3. The fraction of sp³-hybridized carbons (Fsp3) is 0.625. The van der Waals surface area contributed by atoms with E-state index in [9.17, 15) is 4.39 Å². The Morgan fingerprint density at radius 1 is 1.32 bits per heavy atom. The fourth-order valence-electron chi connectivity index (χ4n) is 2.75. The maximum Gasteiger partial charge on any atom is 0.123 e. The van der Waals surface area contributed by atoms with Crippen molar-refractivity contribution in [1.29, 1.82) is 0 Å². The maximum atomic E-state index is 13.1. The Hall–Kier alpha value is -0.930. The summed E-state index contributed by atoms with van der Waals surface area (Å²) >= 11 is 0. The minimum Gasteiger partial charge on any atom is -0.380 e. The summed E-state index contributed by atoms with van der Waals surface area (Å²) in [4.78, 5) is 2.47. The highest BCUT2D eigenvalue weighted by molar-refractivity contribution is 5.16. The second-order valence-corrected chi connectivity index (χ2v) is 5.32. The smallest absolute Gasteiger partial charge is 0.123 e. The van der Waals surface area contributed by atoms with E-state index >= 15 is 0 Å². The molecule has 0 spiro atoms. The number of hydrogen-bond acceptors (Lipinski definition) is 2. The molecule has 1 aromatic rings. The number of likely N-dealkylation sites (tertiary alicyclic amines) is 1. The molecule has 0 bridgehead atoms. The molecule has 106 valence electrons. The van der Waals surface area contributed by atoms with Gasteiger partial charge in [0.25, 0.3) is 0 Å². The first kappa shape index (κ1) is 14.5. The van der Waals surface area contributed by atoms with E-state index in [0.717, 1.165) is 44.8 Å². The lowest BCUT2D eigenvalue weighted by Gasteiger charge is -2.31. The molecule has 3 heteroatoms. The van der Waals surface area contributed by atoms with Gasteiger partial charge in [0, 0.05) is 13.2 Å². The van der Waals surface area contributed by atoms with Gasteiger partial charge in [0.1, 0.15) is 5.82 Å². The summed E-state index contributed by atoms with van der Waals surface area (Å²) in [5, 5.41) is 0. The molecule has 1 aliphatic rings. The number of benzene rings is 1. The largest absolute Gasteiger partial charge is 0.380 e. The lowest BCUT2D eigenvalue weighted by Crippen LogP contribution is -2.36. The molecule has 1 aromatic carbocycles. The summed E-state index contributed by atoms with van der Waals surface area (Å²) in [5.41, 5.74) is 1.13. The van der Waals surface area contributed by atoms with Crippen LogP contribution in [0.4, 0.5) is 4.39 Å². The highest BCUT2D eigenvalue weighted by Gasteiger charge is 2.19. The molecule has 0 aromatic heterocycles. The fourth-order valence-corrected chi connectivity index (χ4v) is 2.75. The summed E-state index contributed by atoms with van der Waals surface area (Å²) in [5.74, 6) is 0.580. The zero-order valence-corrected chi connectivity index (χ0v) is 11.8. The monoisotopic (exact) mass is 265 g/mol. The van der Waals surface area contributed by atoms with Crippen molar-refractivity contribution < 1.29 is 9.13 Å². The van der Waals surface area contributed by atoms with Crippen LogP contribution in [-0.2, 0) is 11.2 Å². The van der Waals surface area contributed by atoms with E-state index < -0.39 is 0 Å². The van der Waals surface area contributed by atoms with Crippen LogP contribution in [0.15, 0.2) is 24.3 Å². The van der Waals surface area contributed by atoms with Crippen LogP contribution in [0, 0.1) is 11.7 Å². The highest BCUT2D eigenvalue weighted by atomic mass is 19.1. The van der Waals surface area contributed by atoms with Crippen LogP contribution >= 0.6 is 0 Å². The van der Waals surface area contributed by atoms with E-state index in [1.54, 1.807) is 6.07 Å². The zero-order valence-electron chi connectivity index (χ0n) is 11.8. The number of nitrogens with zero attached hydrogens (tertiary/aromatic N) is 1. The van der Waals surface area contributed by atoms with Crippen LogP contribution in [0.5, 0.6) is 0 Å². The average Bonchev–Trinajstić information content (AvgIpc) is 2.41. The Morgan fingerprint density at radius 2 is 2.11 bits per heavy atom. The van der Waals surface area contributed by atoms with Crippen LogP contribution in [-0.4, -0.2) is 37.7 Å². The molecule has 0 unspecified atom stereocenters. The summed E-state index contributed by atoms with van der Waals surface area (Å²) in [6.45, 7) is 7.01. The Morgan fingerprint density at radius 3 is 2.79 bits per heavy atom. The van der Waals surface area contributed by atoms with Crippen LogP contribution < -0.4 is 0 Å². The van der Waals surface area contributed by atoms with Gasteiger partial charge in [-0.05, 0) is 62.9 Å². The van der Waals surface area contributed by atoms with Crippen molar-refractivity contribution in [2.45, 2.75) is 26.2 Å². The van der Waals surface area contributed by atoms with Crippen LogP contribution in [0.3, 0.4) is 0 Å². The lowest BCUT2D eigenvalue weighted by molar-refractivity contribution is 0.0957. The SMILES string of the molecule is CCOCCN1CCC(Cc2cccc(F)c2)CC1. The number of piperidine rings is 1. The van der Waals surface area contributed by atoms with Crippen LogP contribution in [0.2, 0.25) is 0 Å². The van der Waals surface area contributed by atoms with Crippen molar-refractivity contribution in [3.8, 4) is 0 Å². The molecule has 2 rings (SSSR count). The first-order valence-corrected chi connectivity index (χ1v) is 7.32. The van der Waals surface area contributed by atoms with Gasteiger partial charge in [0.05, 0.1) is 6.61 Å². The van der Waals surface area contributed by atoms with Gasteiger partial charge in [0.15, 0.2) is 0 Å². The predicted octanol–water partition coefficient (Wildman–Crippen LogP) is 3.12. The number of hydrogen-bond donors (Lipinski definition) is 0. The average molecular weight is 265 g/mol. The summed E-state index contributed by atoms with van der Waals surface area (Å²) in [7, 11) is 0. The predicted molar refractivity (Wildman–Crippen MR) is 75.8 cm³/mol. The highest BCUT2D eigenvalue weighted by Crippen LogP contribution is 2.21. The van der Waals surface area contributed by atoms with Gasteiger partial charge in [-0.1, -0.05) is 12.1 Å². The topological polar surface area (TPSA) is 12.5 Å². The van der Waals surface area contributed by atoms with E-state index in [1.807, 2.05) is 19.1 Å². The molecular weight excluding hydrogens is 241 g/mol. The summed E-state index contributed by atoms with van der Waals surface area (Å²) in [6, 6.07) is 7.02. The minimum atomic E-state index is -0.119. The number of rotatable bonds is 6. The third kappa shape index (κ3) is 4.92. The van der Waals surface area contributed by atoms with Gasteiger partial charge in [0.2, 0.25) is 0 Å². The molecule has 1 saturated heterocycles. The van der Waals surface area contributed by atoms with E-state index in [4.69, 9.17) is 4.74 Å². The first-order valence-electron chi connectivity index (χ1n) is 7.32. The third-order valence-electron chi connectivity index (χ3n) is 3.88. The Balaban J connectivity index is 1.71. The molecule has 1 heterocycles.